The number of nitrogens with zero attached hydrogens (tertiary/aromatic N) is 2. The van der Waals surface area contributed by atoms with Crippen molar-refractivity contribution in [1.82, 2.24) is 9.80 Å². The molecule has 98 valence electrons. The Balaban J connectivity index is 2.10. The van der Waals surface area contributed by atoms with Crippen molar-refractivity contribution in [2.75, 3.05) is 32.7 Å². The Morgan fingerprint density at radius 3 is 2.61 bits per heavy atom. The van der Waals surface area contributed by atoms with Gasteiger partial charge in [0.1, 0.15) is 0 Å². The van der Waals surface area contributed by atoms with Crippen LogP contribution in [0.15, 0.2) is 18.2 Å². The molecule has 0 unspecified atom stereocenters. The first-order valence-electron chi connectivity index (χ1n) is 6.09. The van der Waals surface area contributed by atoms with Crippen molar-refractivity contribution in [3.8, 4) is 0 Å². The minimum Gasteiger partial charge on any atom is -0.336 e. The predicted molar refractivity (Wildman–Crippen MR) is 69.4 cm³/mol. The number of carbonyl (C=O) groups is 1. The zero-order chi connectivity index (χ0) is 13.1. The minimum atomic E-state index is -0.623. The first-order chi connectivity index (χ1) is 8.63. The van der Waals surface area contributed by atoms with Gasteiger partial charge in [-0.15, -0.1) is 0 Å². The van der Waals surface area contributed by atoms with E-state index in [1.54, 1.807) is 11.0 Å². The van der Waals surface area contributed by atoms with Gasteiger partial charge < -0.3 is 9.80 Å². The summed E-state index contributed by atoms with van der Waals surface area (Å²) in [7, 11) is 0. The average molecular weight is 271 g/mol. The topological polar surface area (TPSA) is 23.6 Å². The average Bonchev–Trinajstić information content (AvgIpc) is 2.41. The molecule has 1 fully saturated rings. The first-order valence-corrected chi connectivity index (χ1v) is 6.47. The minimum absolute atomic E-state index is 0.00644. The lowest BCUT2D eigenvalue weighted by Gasteiger charge is -2.34. The highest BCUT2D eigenvalue weighted by Crippen LogP contribution is 2.19. The van der Waals surface area contributed by atoms with Gasteiger partial charge in [-0.05, 0) is 18.7 Å². The van der Waals surface area contributed by atoms with Gasteiger partial charge in [0.2, 0.25) is 0 Å². The maximum Gasteiger partial charge on any atom is 0.256 e. The number of hydrogen-bond donors (Lipinski definition) is 0. The van der Waals surface area contributed by atoms with Crippen LogP contribution in [0.5, 0.6) is 0 Å². The lowest BCUT2D eigenvalue weighted by atomic mass is 10.1. The number of halogens is 2. The van der Waals surface area contributed by atoms with E-state index in [0.717, 1.165) is 19.6 Å². The monoisotopic (exact) mass is 270 g/mol. The molecule has 0 radical (unpaired) electrons. The Hall–Kier alpha value is -1.13. The fourth-order valence-electron chi connectivity index (χ4n) is 2.11. The third-order valence-electron chi connectivity index (χ3n) is 3.29. The zero-order valence-corrected chi connectivity index (χ0v) is 11.1. The molecule has 0 spiro atoms. The molecule has 0 aromatic heterocycles. The molecule has 18 heavy (non-hydrogen) atoms. The second-order valence-electron chi connectivity index (χ2n) is 4.33. The number of likely N-dealkylation sites (N-methyl/N-ethyl adjacent to an activating group) is 1. The standard InChI is InChI=1S/C13H16ClFN2O/c1-2-16-6-8-17(9-7-16)13(18)10-4-3-5-11(14)12(10)15/h3-5H,2,6-9H2,1H3. The molecule has 0 aliphatic carbocycles. The molecule has 0 N–H and O–H groups in total. The molecule has 5 heteroatoms. The third kappa shape index (κ3) is 2.65. The van der Waals surface area contributed by atoms with Gasteiger partial charge in [-0.3, -0.25) is 4.79 Å². The maximum atomic E-state index is 13.8. The van der Waals surface area contributed by atoms with Gasteiger partial charge in [0.05, 0.1) is 10.6 Å². The van der Waals surface area contributed by atoms with Crippen molar-refractivity contribution in [2.45, 2.75) is 6.92 Å². The summed E-state index contributed by atoms with van der Waals surface area (Å²) < 4.78 is 13.8. The molecule has 1 aliphatic rings. The third-order valence-corrected chi connectivity index (χ3v) is 3.58. The molecule has 0 saturated carbocycles. The van der Waals surface area contributed by atoms with Crippen molar-refractivity contribution < 1.29 is 9.18 Å². The summed E-state index contributed by atoms with van der Waals surface area (Å²) >= 11 is 5.69. The number of amides is 1. The summed E-state index contributed by atoms with van der Waals surface area (Å²) in [6.07, 6.45) is 0. The van der Waals surface area contributed by atoms with Crippen LogP contribution in [-0.4, -0.2) is 48.4 Å². The van der Waals surface area contributed by atoms with Gasteiger partial charge in [-0.2, -0.15) is 0 Å². The normalized spacial score (nSPS) is 16.9. The van der Waals surface area contributed by atoms with Crippen molar-refractivity contribution in [3.63, 3.8) is 0 Å². The molecule has 1 aliphatic heterocycles. The molecule has 0 atom stereocenters. The molecule has 1 aromatic rings. The SMILES string of the molecule is CCN1CCN(C(=O)c2cccc(Cl)c2F)CC1. The van der Waals surface area contributed by atoms with Gasteiger partial charge >= 0.3 is 0 Å². The highest BCUT2D eigenvalue weighted by Gasteiger charge is 2.24. The molecule has 0 bridgehead atoms. The van der Waals surface area contributed by atoms with E-state index in [2.05, 4.69) is 11.8 Å². The highest BCUT2D eigenvalue weighted by atomic mass is 35.5. The van der Waals surface area contributed by atoms with E-state index < -0.39 is 5.82 Å². The first kappa shape index (κ1) is 13.3. The lowest BCUT2D eigenvalue weighted by Crippen LogP contribution is -2.48. The van der Waals surface area contributed by atoms with Crippen LogP contribution < -0.4 is 0 Å². The second kappa shape index (κ2) is 5.67. The fourth-order valence-corrected chi connectivity index (χ4v) is 2.28. The molecular formula is C13H16ClFN2O. The van der Waals surface area contributed by atoms with Gasteiger partial charge in [-0.25, -0.2) is 4.39 Å². The van der Waals surface area contributed by atoms with Gasteiger partial charge in [0.25, 0.3) is 5.91 Å². The quantitative estimate of drug-likeness (QED) is 0.823. The van der Waals surface area contributed by atoms with Crippen molar-refractivity contribution >= 4 is 17.5 Å². The summed E-state index contributed by atoms with van der Waals surface area (Å²) in [4.78, 5) is 16.1. The van der Waals surface area contributed by atoms with Crippen molar-refractivity contribution in [1.29, 1.82) is 0 Å². The van der Waals surface area contributed by atoms with Crippen LogP contribution in [0.3, 0.4) is 0 Å². The van der Waals surface area contributed by atoms with Crippen LogP contribution in [0, 0.1) is 5.82 Å². The molecule has 3 nitrogen and oxygen atoms in total. The van der Waals surface area contributed by atoms with Crippen molar-refractivity contribution in [2.24, 2.45) is 0 Å². The summed E-state index contributed by atoms with van der Waals surface area (Å²) in [5.41, 5.74) is 0.0625. The largest absolute Gasteiger partial charge is 0.336 e. The molecule has 1 heterocycles. The molecule has 1 aromatic carbocycles. The summed E-state index contributed by atoms with van der Waals surface area (Å²) in [5.74, 6) is -0.896. The second-order valence-corrected chi connectivity index (χ2v) is 4.74. The van der Waals surface area contributed by atoms with E-state index >= 15 is 0 Å². The fraction of sp³-hybridized carbons (Fsp3) is 0.462. The number of rotatable bonds is 2. The van der Waals surface area contributed by atoms with Gasteiger partial charge in [0, 0.05) is 26.2 Å². The van der Waals surface area contributed by atoms with Gasteiger partial charge in [-0.1, -0.05) is 24.6 Å². The number of piperazine rings is 1. The van der Waals surface area contributed by atoms with E-state index in [9.17, 15) is 9.18 Å². The molecule has 2 rings (SSSR count). The zero-order valence-electron chi connectivity index (χ0n) is 10.3. The molecule has 1 saturated heterocycles. The van der Waals surface area contributed by atoms with Crippen LogP contribution in [0.2, 0.25) is 5.02 Å². The highest BCUT2D eigenvalue weighted by molar-refractivity contribution is 6.31. The van der Waals surface area contributed by atoms with Crippen LogP contribution in [0.4, 0.5) is 4.39 Å². The number of carbonyl (C=O) groups excluding carboxylic acids is 1. The molecular weight excluding hydrogens is 255 g/mol. The summed E-state index contributed by atoms with van der Waals surface area (Å²) in [6.45, 7) is 6.02. The lowest BCUT2D eigenvalue weighted by molar-refractivity contribution is 0.0639. The van der Waals surface area contributed by atoms with Crippen LogP contribution in [0.1, 0.15) is 17.3 Å². The Kier molecular flexibility index (Phi) is 4.19. The van der Waals surface area contributed by atoms with Crippen LogP contribution >= 0.6 is 11.6 Å². The summed E-state index contributed by atoms with van der Waals surface area (Å²) in [5, 5.41) is -0.00644. The van der Waals surface area contributed by atoms with Crippen LogP contribution in [0.25, 0.3) is 0 Å². The van der Waals surface area contributed by atoms with E-state index in [1.165, 1.54) is 12.1 Å². The number of hydrogen-bond acceptors (Lipinski definition) is 2. The summed E-state index contributed by atoms with van der Waals surface area (Å²) in [6, 6.07) is 4.53. The Labute approximate surface area is 111 Å². The van der Waals surface area contributed by atoms with E-state index in [4.69, 9.17) is 11.6 Å². The smallest absolute Gasteiger partial charge is 0.256 e. The number of benzene rings is 1. The van der Waals surface area contributed by atoms with Gasteiger partial charge in [0.15, 0.2) is 5.82 Å². The molecule has 1 amide bonds. The van der Waals surface area contributed by atoms with E-state index in [0.29, 0.717) is 13.1 Å². The van der Waals surface area contributed by atoms with E-state index in [1.807, 2.05) is 0 Å². The van der Waals surface area contributed by atoms with E-state index in [-0.39, 0.29) is 16.5 Å². The van der Waals surface area contributed by atoms with Crippen molar-refractivity contribution in [3.05, 3.63) is 34.6 Å². The Morgan fingerprint density at radius 1 is 1.33 bits per heavy atom. The van der Waals surface area contributed by atoms with Crippen LogP contribution in [-0.2, 0) is 0 Å². The Morgan fingerprint density at radius 2 is 2.00 bits per heavy atom. The maximum absolute atomic E-state index is 13.8. The Bertz CT molecular complexity index is 445. The predicted octanol–water partition coefficient (Wildman–Crippen LogP) is 2.26.